The van der Waals surface area contributed by atoms with Crippen molar-refractivity contribution >= 4 is 29.2 Å². The van der Waals surface area contributed by atoms with Gasteiger partial charge in [0.15, 0.2) is 0 Å². The summed E-state index contributed by atoms with van der Waals surface area (Å²) in [6, 6.07) is 0. The number of carbonyl (C=O) groups excluding carboxylic acids is 2. The van der Waals surface area contributed by atoms with Gasteiger partial charge in [0.05, 0.1) is 10.7 Å². The molecule has 2 fully saturated rings. The molecule has 1 aromatic rings. The molecule has 1 saturated carbocycles. The Morgan fingerprint density at radius 3 is 2.52 bits per heavy atom. The molecule has 0 aromatic carbocycles. The van der Waals surface area contributed by atoms with Gasteiger partial charge in [0.2, 0.25) is 11.8 Å². The molecule has 0 bridgehead atoms. The maximum absolute atomic E-state index is 12.3. The van der Waals surface area contributed by atoms with Crippen molar-refractivity contribution in [3.8, 4) is 0 Å². The number of nitrogens with zero attached hydrogens (tertiary/aromatic N) is 3. The quantitative estimate of drug-likeness (QED) is 0.757. The first-order valence-corrected chi connectivity index (χ1v) is 10.2. The van der Waals surface area contributed by atoms with Crippen LogP contribution in [0.3, 0.4) is 0 Å². The molecule has 3 rings (SSSR count). The Kier molecular flexibility index (Phi) is 6.24. The Morgan fingerprint density at radius 1 is 1.20 bits per heavy atom. The number of rotatable bonds is 5. The van der Waals surface area contributed by atoms with Crippen molar-refractivity contribution in [3.05, 3.63) is 22.2 Å². The molecule has 5 nitrogen and oxygen atoms in total. The van der Waals surface area contributed by atoms with E-state index in [0.29, 0.717) is 32.6 Å². The molecule has 6 heteroatoms. The summed E-state index contributed by atoms with van der Waals surface area (Å²) in [5.41, 5.74) is 0.830. The van der Waals surface area contributed by atoms with Crippen LogP contribution in [-0.4, -0.2) is 52.8 Å². The first-order valence-electron chi connectivity index (χ1n) is 9.29. The zero-order chi connectivity index (χ0) is 17.6. The fraction of sp³-hybridized carbons (Fsp3) is 0.632. The van der Waals surface area contributed by atoms with Crippen LogP contribution in [0.15, 0.2) is 11.5 Å². The molecule has 1 aromatic heterocycles. The number of piperazine rings is 1. The fourth-order valence-electron chi connectivity index (χ4n) is 3.68. The molecule has 0 atom stereocenters. The summed E-state index contributed by atoms with van der Waals surface area (Å²) >= 11 is 1.58. The van der Waals surface area contributed by atoms with Crippen LogP contribution >= 0.6 is 11.3 Å². The second-order valence-electron chi connectivity index (χ2n) is 7.02. The van der Waals surface area contributed by atoms with Crippen LogP contribution in [0.1, 0.15) is 49.2 Å². The SMILES string of the molecule is Cc1nc(/C=C/C(=O)N2CCN(C(=O)CCC3CCCC3)CC2)cs1. The summed E-state index contributed by atoms with van der Waals surface area (Å²) in [7, 11) is 0. The van der Waals surface area contributed by atoms with Crippen molar-refractivity contribution in [2.24, 2.45) is 5.92 Å². The highest BCUT2D eigenvalue weighted by molar-refractivity contribution is 7.09. The second-order valence-corrected chi connectivity index (χ2v) is 8.08. The maximum atomic E-state index is 12.3. The molecule has 0 radical (unpaired) electrons. The third-order valence-electron chi connectivity index (χ3n) is 5.22. The molecular formula is C19H27N3O2S. The molecule has 25 heavy (non-hydrogen) atoms. The zero-order valence-electron chi connectivity index (χ0n) is 14.9. The highest BCUT2D eigenvalue weighted by atomic mass is 32.1. The van der Waals surface area contributed by atoms with Gasteiger partial charge in [-0.2, -0.15) is 0 Å². The van der Waals surface area contributed by atoms with Gasteiger partial charge < -0.3 is 9.80 Å². The number of hydrogen-bond donors (Lipinski definition) is 0. The predicted octanol–water partition coefficient (Wildman–Crippen LogP) is 3.11. The van der Waals surface area contributed by atoms with Gasteiger partial charge in [-0.3, -0.25) is 9.59 Å². The molecule has 136 valence electrons. The molecule has 1 aliphatic heterocycles. The summed E-state index contributed by atoms with van der Waals surface area (Å²) in [5.74, 6) is 1.02. The summed E-state index contributed by atoms with van der Waals surface area (Å²) in [5, 5.41) is 2.94. The van der Waals surface area contributed by atoms with Crippen LogP contribution in [0.5, 0.6) is 0 Å². The van der Waals surface area contributed by atoms with E-state index < -0.39 is 0 Å². The molecule has 1 aliphatic carbocycles. The van der Waals surface area contributed by atoms with Gasteiger partial charge in [0.25, 0.3) is 0 Å². The van der Waals surface area contributed by atoms with E-state index in [1.165, 1.54) is 25.7 Å². The van der Waals surface area contributed by atoms with Crippen LogP contribution in [0, 0.1) is 12.8 Å². The number of amides is 2. The minimum atomic E-state index is 0.00343. The Hall–Kier alpha value is -1.69. The third-order valence-corrected chi connectivity index (χ3v) is 6.01. The van der Waals surface area contributed by atoms with Gasteiger partial charge in [-0.25, -0.2) is 4.98 Å². The monoisotopic (exact) mass is 361 g/mol. The Labute approximate surface area is 153 Å². The van der Waals surface area contributed by atoms with E-state index in [1.807, 2.05) is 22.1 Å². The highest BCUT2D eigenvalue weighted by Crippen LogP contribution is 2.28. The average Bonchev–Trinajstić information content (AvgIpc) is 3.29. The van der Waals surface area contributed by atoms with E-state index in [4.69, 9.17) is 0 Å². The topological polar surface area (TPSA) is 53.5 Å². The Morgan fingerprint density at radius 2 is 1.88 bits per heavy atom. The lowest BCUT2D eigenvalue weighted by Gasteiger charge is -2.34. The molecular weight excluding hydrogens is 334 g/mol. The molecule has 2 aliphatic rings. The van der Waals surface area contributed by atoms with Crippen LogP contribution < -0.4 is 0 Å². The zero-order valence-corrected chi connectivity index (χ0v) is 15.8. The molecule has 0 unspecified atom stereocenters. The van der Waals surface area contributed by atoms with Crippen LogP contribution in [0.2, 0.25) is 0 Å². The smallest absolute Gasteiger partial charge is 0.246 e. The van der Waals surface area contributed by atoms with Crippen molar-refractivity contribution in [1.82, 2.24) is 14.8 Å². The lowest BCUT2D eigenvalue weighted by Crippen LogP contribution is -2.50. The summed E-state index contributed by atoms with van der Waals surface area (Å²) in [4.78, 5) is 32.7. The standard InChI is InChI=1S/C19H27N3O2S/c1-15-20-17(14-25-15)7-9-19(24)22-12-10-21(11-13-22)18(23)8-6-16-4-2-3-5-16/h7,9,14,16H,2-6,8,10-13H2,1H3/b9-7+. The number of hydrogen-bond acceptors (Lipinski definition) is 4. The largest absolute Gasteiger partial charge is 0.339 e. The number of thiazole rings is 1. The minimum absolute atomic E-state index is 0.00343. The maximum Gasteiger partial charge on any atom is 0.246 e. The summed E-state index contributed by atoms with van der Waals surface area (Å²) in [6.45, 7) is 4.49. The third kappa shape index (κ3) is 5.14. The lowest BCUT2D eigenvalue weighted by molar-refractivity contribution is -0.137. The second kappa shape index (κ2) is 8.61. The first-order chi connectivity index (χ1) is 12.1. The van der Waals surface area contributed by atoms with Crippen LogP contribution in [0.4, 0.5) is 0 Å². The normalized spacial score (nSPS) is 19.1. The van der Waals surface area contributed by atoms with Crippen molar-refractivity contribution in [2.45, 2.75) is 45.4 Å². The first kappa shape index (κ1) is 18.1. The van der Waals surface area contributed by atoms with Gasteiger partial charge in [-0.05, 0) is 25.3 Å². The van der Waals surface area contributed by atoms with Crippen molar-refractivity contribution in [1.29, 1.82) is 0 Å². The van der Waals surface area contributed by atoms with E-state index in [9.17, 15) is 9.59 Å². The number of aromatic nitrogens is 1. The van der Waals surface area contributed by atoms with Crippen molar-refractivity contribution in [3.63, 3.8) is 0 Å². The molecule has 0 N–H and O–H groups in total. The van der Waals surface area contributed by atoms with Gasteiger partial charge in [0, 0.05) is 44.1 Å². The molecule has 1 saturated heterocycles. The van der Waals surface area contributed by atoms with Crippen LogP contribution in [0.25, 0.3) is 6.08 Å². The molecule has 2 amide bonds. The van der Waals surface area contributed by atoms with Gasteiger partial charge in [0.1, 0.15) is 0 Å². The van der Waals surface area contributed by atoms with E-state index in [-0.39, 0.29) is 11.8 Å². The van der Waals surface area contributed by atoms with E-state index in [2.05, 4.69) is 4.98 Å². The minimum Gasteiger partial charge on any atom is -0.339 e. The van der Waals surface area contributed by atoms with Crippen molar-refractivity contribution in [2.75, 3.05) is 26.2 Å². The highest BCUT2D eigenvalue weighted by Gasteiger charge is 2.24. The van der Waals surface area contributed by atoms with Gasteiger partial charge in [-0.1, -0.05) is 25.7 Å². The fourth-order valence-corrected chi connectivity index (χ4v) is 4.26. The summed E-state index contributed by atoms with van der Waals surface area (Å²) < 4.78 is 0. The van der Waals surface area contributed by atoms with Crippen LogP contribution in [-0.2, 0) is 9.59 Å². The lowest BCUT2D eigenvalue weighted by atomic mass is 10.0. The van der Waals surface area contributed by atoms with Gasteiger partial charge >= 0.3 is 0 Å². The van der Waals surface area contributed by atoms with E-state index in [0.717, 1.165) is 23.0 Å². The van der Waals surface area contributed by atoms with E-state index >= 15 is 0 Å². The molecule has 2 heterocycles. The Balaban J connectivity index is 1.40. The Bertz CT molecular complexity index is 626. The average molecular weight is 362 g/mol. The predicted molar refractivity (Wildman–Crippen MR) is 100 cm³/mol. The number of aryl methyl sites for hydroxylation is 1. The van der Waals surface area contributed by atoms with Gasteiger partial charge in [-0.15, -0.1) is 11.3 Å². The molecule has 0 spiro atoms. The van der Waals surface area contributed by atoms with Crippen molar-refractivity contribution < 1.29 is 9.59 Å². The number of carbonyl (C=O) groups is 2. The van der Waals surface area contributed by atoms with E-state index in [1.54, 1.807) is 23.5 Å². The summed E-state index contributed by atoms with van der Waals surface area (Å²) in [6.07, 6.45) is 10.3.